The summed E-state index contributed by atoms with van der Waals surface area (Å²) in [7, 11) is 0. The molecule has 1 aliphatic rings. The molecule has 1 saturated heterocycles. The average molecular weight is 443 g/mol. The van der Waals surface area contributed by atoms with E-state index >= 15 is 0 Å². The maximum Gasteiger partial charge on any atom is 0.253 e. The van der Waals surface area contributed by atoms with Crippen LogP contribution in [0.1, 0.15) is 40.5 Å². The predicted molar refractivity (Wildman–Crippen MR) is 120 cm³/mol. The first-order valence-corrected chi connectivity index (χ1v) is 10.9. The van der Waals surface area contributed by atoms with Crippen LogP contribution in [0.4, 0.5) is 4.39 Å². The van der Waals surface area contributed by atoms with E-state index in [1.807, 2.05) is 31.2 Å². The first kappa shape index (κ1) is 20.9. The minimum absolute atomic E-state index is 0.104. The van der Waals surface area contributed by atoms with Crippen LogP contribution in [0.3, 0.4) is 0 Å². The molecule has 3 aromatic heterocycles. The molecule has 1 aromatic carbocycles. The summed E-state index contributed by atoms with van der Waals surface area (Å²) in [4.78, 5) is 28.4. The fraction of sp³-hybridized carbons (Fsp3) is 0.240. The van der Waals surface area contributed by atoms with Crippen LogP contribution in [0.15, 0.2) is 65.4 Å². The molecule has 1 aliphatic heterocycles. The van der Waals surface area contributed by atoms with Crippen molar-refractivity contribution in [3.8, 4) is 22.8 Å². The number of hydrogen-bond acceptors (Lipinski definition) is 6. The first-order chi connectivity index (χ1) is 16.1. The van der Waals surface area contributed by atoms with Crippen LogP contribution in [-0.4, -0.2) is 44.0 Å². The van der Waals surface area contributed by atoms with Crippen LogP contribution in [0.25, 0.3) is 22.8 Å². The van der Waals surface area contributed by atoms with Gasteiger partial charge in [-0.15, -0.1) is 0 Å². The van der Waals surface area contributed by atoms with Gasteiger partial charge in [0.1, 0.15) is 11.5 Å². The highest BCUT2D eigenvalue weighted by atomic mass is 19.1. The highest BCUT2D eigenvalue weighted by Gasteiger charge is 2.29. The number of aryl methyl sites for hydroxylation is 1. The topological polar surface area (TPSA) is 85.0 Å². The zero-order valence-corrected chi connectivity index (χ0v) is 18.1. The molecule has 0 bridgehead atoms. The Morgan fingerprint density at radius 2 is 1.94 bits per heavy atom. The summed E-state index contributed by atoms with van der Waals surface area (Å²) in [5.74, 6) is 0.700. The normalized spacial score (nSPS) is 14.4. The van der Waals surface area contributed by atoms with Crippen molar-refractivity contribution in [3.63, 3.8) is 0 Å². The number of likely N-dealkylation sites (tertiary alicyclic amines) is 1. The van der Waals surface area contributed by atoms with Gasteiger partial charge in [0.15, 0.2) is 11.6 Å². The van der Waals surface area contributed by atoms with E-state index in [0.717, 1.165) is 29.8 Å². The van der Waals surface area contributed by atoms with Crippen molar-refractivity contribution in [2.45, 2.75) is 25.7 Å². The van der Waals surface area contributed by atoms with Crippen molar-refractivity contribution in [2.24, 2.45) is 0 Å². The predicted octanol–water partition coefficient (Wildman–Crippen LogP) is 4.66. The lowest BCUT2D eigenvalue weighted by molar-refractivity contribution is 0.0711. The van der Waals surface area contributed by atoms with Crippen LogP contribution in [0.2, 0.25) is 0 Å². The lowest BCUT2D eigenvalue weighted by atomic mass is 9.89. The maximum absolute atomic E-state index is 13.6. The molecule has 1 fully saturated rings. The second kappa shape index (κ2) is 8.90. The Hall–Kier alpha value is -3.94. The maximum atomic E-state index is 13.6. The van der Waals surface area contributed by atoms with E-state index in [4.69, 9.17) is 9.51 Å². The third kappa shape index (κ3) is 4.37. The molecule has 4 aromatic rings. The summed E-state index contributed by atoms with van der Waals surface area (Å²) in [6, 6.07) is 13.3. The van der Waals surface area contributed by atoms with Gasteiger partial charge in [-0.25, -0.2) is 14.4 Å². The molecule has 0 atom stereocenters. The summed E-state index contributed by atoms with van der Waals surface area (Å²) in [6.07, 6.45) is 4.92. The summed E-state index contributed by atoms with van der Waals surface area (Å²) >= 11 is 0. The minimum atomic E-state index is -0.411. The van der Waals surface area contributed by atoms with Gasteiger partial charge in [-0.3, -0.25) is 9.78 Å². The smallest absolute Gasteiger partial charge is 0.253 e. The summed E-state index contributed by atoms with van der Waals surface area (Å²) in [5, 5.41) is 4.01. The van der Waals surface area contributed by atoms with Crippen molar-refractivity contribution in [3.05, 3.63) is 83.7 Å². The third-order valence-electron chi connectivity index (χ3n) is 5.85. The standard InChI is InChI=1S/C25H22FN5O2/c1-16-13-22(33-30-16)20-15-28-24(21-7-2-3-10-27-21)29-23(20)17-8-11-31(12-9-17)25(32)18-5-4-6-19(26)14-18/h2-7,10,13-15,17H,8-9,11-12H2,1H3. The molecule has 8 heteroatoms. The van der Waals surface area contributed by atoms with Crippen LogP contribution in [0, 0.1) is 12.7 Å². The van der Waals surface area contributed by atoms with E-state index in [2.05, 4.69) is 15.1 Å². The van der Waals surface area contributed by atoms with Gasteiger partial charge in [0.25, 0.3) is 5.91 Å². The second-order valence-corrected chi connectivity index (χ2v) is 8.12. The van der Waals surface area contributed by atoms with E-state index in [0.29, 0.717) is 35.9 Å². The van der Waals surface area contributed by atoms with Gasteiger partial charge in [-0.05, 0) is 50.1 Å². The van der Waals surface area contributed by atoms with Crippen molar-refractivity contribution in [1.82, 2.24) is 25.0 Å². The fourth-order valence-electron chi connectivity index (χ4n) is 4.17. The number of amides is 1. The molecule has 5 rings (SSSR count). The summed E-state index contributed by atoms with van der Waals surface area (Å²) in [6.45, 7) is 2.97. The average Bonchev–Trinajstić information content (AvgIpc) is 3.30. The Morgan fingerprint density at radius 1 is 1.09 bits per heavy atom. The number of rotatable bonds is 4. The summed E-state index contributed by atoms with van der Waals surface area (Å²) < 4.78 is 19.1. The summed E-state index contributed by atoms with van der Waals surface area (Å²) in [5.41, 5.74) is 3.49. The number of carbonyl (C=O) groups excluding carboxylic acids is 1. The number of benzene rings is 1. The number of pyridine rings is 1. The molecule has 0 saturated carbocycles. The Morgan fingerprint density at radius 3 is 2.64 bits per heavy atom. The van der Waals surface area contributed by atoms with Gasteiger partial charge in [0.05, 0.1) is 17.0 Å². The molecular formula is C25H22FN5O2. The van der Waals surface area contributed by atoms with Gasteiger partial charge in [0, 0.05) is 43.0 Å². The van der Waals surface area contributed by atoms with Gasteiger partial charge in [-0.1, -0.05) is 17.3 Å². The molecule has 0 aliphatic carbocycles. The van der Waals surface area contributed by atoms with E-state index in [9.17, 15) is 9.18 Å². The second-order valence-electron chi connectivity index (χ2n) is 8.12. The zero-order valence-electron chi connectivity index (χ0n) is 18.1. The lowest BCUT2D eigenvalue weighted by Gasteiger charge is -2.32. The Balaban J connectivity index is 1.42. The van der Waals surface area contributed by atoms with E-state index < -0.39 is 5.82 Å². The number of piperidine rings is 1. The van der Waals surface area contributed by atoms with Crippen LogP contribution < -0.4 is 0 Å². The van der Waals surface area contributed by atoms with E-state index in [1.165, 1.54) is 12.1 Å². The van der Waals surface area contributed by atoms with Crippen molar-refractivity contribution >= 4 is 5.91 Å². The molecule has 0 N–H and O–H groups in total. The van der Waals surface area contributed by atoms with Gasteiger partial charge < -0.3 is 9.42 Å². The Kier molecular flexibility index (Phi) is 5.64. The van der Waals surface area contributed by atoms with Gasteiger partial charge >= 0.3 is 0 Å². The van der Waals surface area contributed by atoms with Crippen molar-refractivity contribution < 1.29 is 13.7 Å². The van der Waals surface area contributed by atoms with Crippen LogP contribution >= 0.6 is 0 Å². The largest absolute Gasteiger partial charge is 0.356 e. The molecule has 0 radical (unpaired) electrons. The highest BCUT2D eigenvalue weighted by molar-refractivity contribution is 5.94. The third-order valence-corrected chi connectivity index (χ3v) is 5.85. The molecule has 166 valence electrons. The first-order valence-electron chi connectivity index (χ1n) is 10.9. The SMILES string of the molecule is Cc1cc(-c2cnc(-c3ccccn3)nc2C2CCN(C(=O)c3cccc(F)c3)CC2)on1. The van der Waals surface area contributed by atoms with Crippen LogP contribution in [-0.2, 0) is 0 Å². The van der Waals surface area contributed by atoms with Crippen molar-refractivity contribution in [1.29, 1.82) is 0 Å². The quantitative estimate of drug-likeness (QED) is 0.456. The number of carbonyl (C=O) groups is 1. The number of nitrogens with zero attached hydrogens (tertiary/aromatic N) is 5. The highest BCUT2D eigenvalue weighted by Crippen LogP contribution is 2.35. The Labute approximate surface area is 190 Å². The van der Waals surface area contributed by atoms with E-state index in [1.54, 1.807) is 29.4 Å². The lowest BCUT2D eigenvalue weighted by Crippen LogP contribution is -2.38. The molecule has 4 heterocycles. The zero-order chi connectivity index (χ0) is 22.8. The molecule has 33 heavy (non-hydrogen) atoms. The minimum Gasteiger partial charge on any atom is -0.356 e. The monoisotopic (exact) mass is 443 g/mol. The molecule has 0 spiro atoms. The van der Waals surface area contributed by atoms with Gasteiger partial charge in [0.2, 0.25) is 0 Å². The molecular weight excluding hydrogens is 421 g/mol. The Bertz CT molecular complexity index is 1280. The van der Waals surface area contributed by atoms with Gasteiger partial charge in [-0.2, -0.15) is 0 Å². The fourth-order valence-corrected chi connectivity index (χ4v) is 4.17. The van der Waals surface area contributed by atoms with Crippen LogP contribution in [0.5, 0.6) is 0 Å². The number of halogens is 1. The van der Waals surface area contributed by atoms with Crippen molar-refractivity contribution in [2.75, 3.05) is 13.1 Å². The number of aromatic nitrogens is 4. The molecule has 1 amide bonds. The molecule has 0 unspecified atom stereocenters. The van der Waals surface area contributed by atoms with E-state index in [-0.39, 0.29) is 11.8 Å². The molecule has 7 nitrogen and oxygen atoms in total. The number of hydrogen-bond donors (Lipinski definition) is 0.